The van der Waals surface area contributed by atoms with Gasteiger partial charge in [-0.3, -0.25) is 4.79 Å². The smallest absolute Gasteiger partial charge is 0.417 e. The fraction of sp³-hybridized carbons (Fsp3) is 0.429. The Morgan fingerprint density at radius 2 is 1.68 bits per heavy atom. The van der Waals surface area contributed by atoms with Crippen LogP contribution >= 0.6 is 0 Å². The van der Waals surface area contributed by atoms with Crippen LogP contribution in [0.2, 0.25) is 0 Å². The molecule has 0 aliphatic carbocycles. The molecular weight excluding hydrogens is 415 g/mol. The maximum atomic E-state index is 13.2. The predicted octanol–water partition coefficient (Wildman–Crippen LogP) is 3.48. The number of carbonyl (C=O) groups is 1. The van der Waals surface area contributed by atoms with Crippen molar-refractivity contribution in [2.24, 2.45) is 0 Å². The number of nitrogens with zero attached hydrogens (tertiary/aromatic N) is 3. The molecule has 0 spiro atoms. The zero-order valence-corrected chi connectivity index (χ0v) is 17.5. The summed E-state index contributed by atoms with van der Waals surface area (Å²) in [5, 5.41) is 0. The zero-order valence-electron chi connectivity index (χ0n) is 17.5. The molecule has 1 saturated heterocycles. The minimum Gasteiger partial charge on any atom is -0.493 e. The number of aromatic nitrogens is 1. The van der Waals surface area contributed by atoms with Crippen LogP contribution in [0.25, 0.3) is 0 Å². The minimum absolute atomic E-state index is 0.222. The highest BCUT2D eigenvalue weighted by Gasteiger charge is 2.31. The van der Waals surface area contributed by atoms with Gasteiger partial charge in [-0.2, -0.15) is 13.2 Å². The van der Waals surface area contributed by atoms with E-state index in [1.54, 1.807) is 17.0 Å². The van der Waals surface area contributed by atoms with E-state index in [9.17, 15) is 18.0 Å². The Morgan fingerprint density at radius 1 is 0.935 bits per heavy atom. The van der Waals surface area contributed by atoms with Crippen LogP contribution in [0, 0.1) is 0 Å². The number of alkyl halides is 3. The molecule has 168 valence electrons. The lowest BCUT2D eigenvalue weighted by Crippen LogP contribution is -2.35. The molecule has 1 aromatic heterocycles. The summed E-state index contributed by atoms with van der Waals surface area (Å²) < 4.78 is 54.3. The number of hydrogen-bond acceptors (Lipinski definition) is 6. The standard InChI is InChI=1S/C21H24F3N3O4/c1-29-16-7-6-15(18(30-2)19(16)31-3)20(28)27-10-4-9-26(11-12-27)17-8-5-14(13-25-17)21(22,23)24/h5-8,13H,4,9-12H2,1-3H3. The number of pyridine rings is 1. The summed E-state index contributed by atoms with van der Waals surface area (Å²) >= 11 is 0. The minimum atomic E-state index is -4.42. The fourth-order valence-corrected chi connectivity index (χ4v) is 3.53. The number of rotatable bonds is 5. The van der Waals surface area contributed by atoms with Gasteiger partial charge in [-0.1, -0.05) is 0 Å². The van der Waals surface area contributed by atoms with Crippen LogP contribution < -0.4 is 19.1 Å². The first-order chi connectivity index (χ1) is 14.8. The Labute approximate surface area is 178 Å². The Kier molecular flexibility index (Phi) is 6.77. The fourth-order valence-electron chi connectivity index (χ4n) is 3.53. The molecule has 1 aliphatic heterocycles. The number of halogens is 3. The second-order valence-electron chi connectivity index (χ2n) is 6.92. The van der Waals surface area contributed by atoms with Crippen LogP contribution in [0.15, 0.2) is 30.5 Å². The lowest BCUT2D eigenvalue weighted by atomic mass is 10.1. The Morgan fingerprint density at radius 3 is 2.26 bits per heavy atom. The molecular formula is C21H24F3N3O4. The molecule has 2 aromatic rings. The van der Waals surface area contributed by atoms with Gasteiger partial charge >= 0.3 is 6.18 Å². The van der Waals surface area contributed by atoms with Crippen molar-refractivity contribution in [3.05, 3.63) is 41.6 Å². The van der Waals surface area contributed by atoms with Crippen molar-refractivity contribution >= 4 is 11.7 Å². The van der Waals surface area contributed by atoms with Crippen molar-refractivity contribution < 1.29 is 32.2 Å². The quantitative estimate of drug-likeness (QED) is 0.711. The lowest BCUT2D eigenvalue weighted by Gasteiger charge is -2.24. The molecule has 10 heteroatoms. The van der Waals surface area contributed by atoms with Gasteiger partial charge in [-0.15, -0.1) is 0 Å². The first kappa shape index (κ1) is 22.5. The zero-order chi connectivity index (χ0) is 22.6. The summed E-state index contributed by atoms with van der Waals surface area (Å²) in [6, 6.07) is 5.65. The topological polar surface area (TPSA) is 64.1 Å². The second kappa shape index (κ2) is 9.32. The molecule has 2 heterocycles. The first-order valence-corrected chi connectivity index (χ1v) is 9.66. The highest BCUT2D eigenvalue weighted by atomic mass is 19.4. The number of hydrogen-bond donors (Lipinski definition) is 0. The van der Waals surface area contributed by atoms with Crippen molar-refractivity contribution in [3.63, 3.8) is 0 Å². The van der Waals surface area contributed by atoms with Crippen molar-refractivity contribution in [3.8, 4) is 17.2 Å². The molecule has 1 aromatic carbocycles. The first-order valence-electron chi connectivity index (χ1n) is 9.66. The Balaban J connectivity index is 1.76. The highest BCUT2D eigenvalue weighted by Crippen LogP contribution is 2.40. The average molecular weight is 439 g/mol. The summed E-state index contributed by atoms with van der Waals surface area (Å²) in [7, 11) is 4.42. The number of amides is 1. The van der Waals surface area contributed by atoms with E-state index in [4.69, 9.17) is 14.2 Å². The van der Waals surface area contributed by atoms with E-state index < -0.39 is 11.7 Å². The van der Waals surface area contributed by atoms with E-state index in [2.05, 4.69) is 4.98 Å². The van der Waals surface area contributed by atoms with E-state index in [-0.39, 0.29) is 11.7 Å². The van der Waals surface area contributed by atoms with Crippen LogP contribution in [-0.2, 0) is 6.18 Å². The van der Waals surface area contributed by atoms with Gasteiger partial charge in [0.25, 0.3) is 5.91 Å². The van der Waals surface area contributed by atoms with E-state index in [1.807, 2.05) is 4.90 Å². The molecule has 7 nitrogen and oxygen atoms in total. The van der Waals surface area contributed by atoms with Gasteiger partial charge in [0.2, 0.25) is 5.75 Å². The van der Waals surface area contributed by atoms with Gasteiger partial charge in [0.1, 0.15) is 5.82 Å². The van der Waals surface area contributed by atoms with E-state index >= 15 is 0 Å². The van der Waals surface area contributed by atoms with E-state index in [1.165, 1.54) is 27.4 Å². The molecule has 3 rings (SSSR count). The van der Waals surface area contributed by atoms with Crippen LogP contribution in [0.1, 0.15) is 22.3 Å². The summed E-state index contributed by atoms with van der Waals surface area (Å²) in [4.78, 5) is 20.7. The molecule has 0 unspecified atom stereocenters. The molecule has 0 N–H and O–H groups in total. The molecule has 0 radical (unpaired) electrons. The molecule has 1 aliphatic rings. The molecule has 0 bridgehead atoms. The normalized spacial score (nSPS) is 14.8. The van der Waals surface area contributed by atoms with Gasteiger partial charge in [-0.05, 0) is 30.7 Å². The average Bonchev–Trinajstić information content (AvgIpc) is 3.03. The van der Waals surface area contributed by atoms with Crippen molar-refractivity contribution in [2.45, 2.75) is 12.6 Å². The van der Waals surface area contributed by atoms with Crippen molar-refractivity contribution in [2.75, 3.05) is 52.4 Å². The van der Waals surface area contributed by atoms with Gasteiger partial charge in [0.05, 0.1) is 32.5 Å². The third-order valence-corrected chi connectivity index (χ3v) is 5.12. The van der Waals surface area contributed by atoms with E-state index in [0.717, 1.165) is 12.3 Å². The monoisotopic (exact) mass is 439 g/mol. The molecule has 1 fully saturated rings. The lowest BCUT2D eigenvalue weighted by molar-refractivity contribution is -0.137. The third kappa shape index (κ3) is 4.78. The number of methoxy groups -OCH3 is 3. The highest BCUT2D eigenvalue weighted by molar-refractivity contribution is 5.98. The SMILES string of the molecule is COc1ccc(C(=O)N2CCCN(c3ccc(C(F)(F)F)cn3)CC2)c(OC)c1OC. The van der Waals surface area contributed by atoms with E-state index in [0.29, 0.717) is 55.5 Å². The number of anilines is 1. The van der Waals surface area contributed by atoms with Crippen molar-refractivity contribution in [1.82, 2.24) is 9.88 Å². The second-order valence-corrected chi connectivity index (χ2v) is 6.92. The summed E-state index contributed by atoms with van der Waals surface area (Å²) in [5.41, 5.74) is -0.440. The van der Waals surface area contributed by atoms with Gasteiger partial charge in [0, 0.05) is 32.4 Å². The van der Waals surface area contributed by atoms with Crippen LogP contribution in [0.4, 0.5) is 19.0 Å². The molecule has 0 atom stereocenters. The largest absolute Gasteiger partial charge is 0.493 e. The van der Waals surface area contributed by atoms with Gasteiger partial charge in [0.15, 0.2) is 11.5 Å². The van der Waals surface area contributed by atoms with Gasteiger partial charge < -0.3 is 24.0 Å². The van der Waals surface area contributed by atoms with Crippen molar-refractivity contribution in [1.29, 1.82) is 0 Å². The predicted molar refractivity (Wildman–Crippen MR) is 108 cm³/mol. The van der Waals surface area contributed by atoms with Crippen LogP contribution in [-0.4, -0.2) is 63.3 Å². The molecule has 1 amide bonds. The number of carbonyl (C=O) groups excluding carboxylic acids is 1. The van der Waals surface area contributed by atoms with Crippen LogP contribution in [0.5, 0.6) is 17.2 Å². The van der Waals surface area contributed by atoms with Crippen LogP contribution in [0.3, 0.4) is 0 Å². The summed E-state index contributed by atoms with van der Waals surface area (Å²) in [6.07, 6.45) is -2.95. The third-order valence-electron chi connectivity index (χ3n) is 5.12. The molecule has 31 heavy (non-hydrogen) atoms. The number of ether oxygens (including phenoxy) is 3. The summed E-state index contributed by atoms with van der Waals surface area (Å²) in [6.45, 7) is 1.90. The number of benzene rings is 1. The maximum Gasteiger partial charge on any atom is 0.417 e. The Bertz CT molecular complexity index is 919. The molecule has 0 saturated carbocycles. The maximum absolute atomic E-state index is 13.2. The van der Waals surface area contributed by atoms with Gasteiger partial charge in [-0.25, -0.2) is 4.98 Å². The Hall–Kier alpha value is -3.17. The summed E-state index contributed by atoms with van der Waals surface area (Å²) in [5.74, 6) is 1.30.